The molecule has 0 saturated carbocycles. The van der Waals surface area contributed by atoms with Gasteiger partial charge < -0.3 is 5.73 Å². The van der Waals surface area contributed by atoms with Crippen molar-refractivity contribution in [2.45, 2.75) is 6.92 Å². The molecule has 8 heteroatoms. The van der Waals surface area contributed by atoms with Crippen LogP contribution in [0.5, 0.6) is 0 Å². The fourth-order valence-corrected chi connectivity index (χ4v) is 2.22. The highest BCUT2D eigenvalue weighted by molar-refractivity contribution is 6.23. The van der Waals surface area contributed by atoms with Crippen molar-refractivity contribution in [1.29, 1.82) is 5.41 Å². The van der Waals surface area contributed by atoms with Crippen LogP contribution in [0.2, 0.25) is 0 Å². The predicted molar refractivity (Wildman–Crippen MR) is 81.6 cm³/mol. The van der Waals surface area contributed by atoms with Gasteiger partial charge in [0.15, 0.2) is 11.7 Å². The van der Waals surface area contributed by atoms with Crippen LogP contribution in [0.3, 0.4) is 0 Å². The van der Waals surface area contributed by atoms with Crippen molar-refractivity contribution < 1.29 is 4.79 Å². The zero-order chi connectivity index (χ0) is 15.7. The third-order valence-corrected chi connectivity index (χ3v) is 3.23. The molecule has 0 aliphatic carbocycles. The molecule has 0 fully saturated rings. The molecule has 0 aliphatic heterocycles. The van der Waals surface area contributed by atoms with Crippen molar-refractivity contribution in [1.82, 2.24) is 20.4 Å². The van der Waals surface area contributed by atoms with E-state index in [4.69, 9.17) is 11.1 Å². The van der Waals surface area contributed by atoms with Crippen molar-refractivity contribution in [3.05, 3.63) is 47.9 Å². The summed E-state index contributed by atoms with van der Waals surface area (Å²) in [6.07, 6.45) is 1.66. The number of nitrogens with zero attached hydrogens (tertiary/aromatic N) is 4. The van der Waals surface area contributed by atoms with E-state index in [-0.39, 0.29) is 5.69 Å². The van der Waals surface area contributed by atoms with E-state index >= 15 is 0 Å². The van der Waals surface area contributed by atoms with E-state index in [2.05, 4.69) is 20.4 Å². The molecule has 3 rings (SSSR count). The number of rotatable bonds is 2. The summed E-state index contributed by atoms with van der Waals surface area (Å²) in [5, 5.41) is 18.5. The van der Waals surface area contributed by atoms with Crippen molar-refractivity contribution in [3.8, 4) is 0 Å². The zero-order valence-electron chi connectivity index (χ0n) is 11.7. The van der Waals surface area contributed by atoms with Gasteiger partial charge in [-0.2, -0.15) is 15.4 Å². The number of anilines is 1. The second kappa shape index (κ2) is 5.24. The quantitative estimate of drug-likeness (QED) is 0.484. The summed E-state index contributed by atoms with van der Waals surface area (Å²) in [7, 11) is 0. The molecule has 3 aromatic rings. The maximum atomic E-state index is 12.7. The molecule has 4 N–H and O–H groups in total. The number of aryl methyl sites for hydroxylation is 1. The van der Waals surface area contributed by atoms with E-state index in [0.29, 0.717) is 16.9 Å². The number of nitrogens with one attached hydrogen (secondary N) is 2. The first-order chi connectivity index (χ1) is 10.6. The van der Waals surface area contributed by atoms with Gasteiger partial charge in [0, 0.05) is 11.6 Å². The topological polar surface area (TPSA) is 125 Å². The van der Waals surface area contributed by atoms with Gasteiger partial charge in [-0.15, -0.1) is 0 Å². The largest absolute Gasteiger partial charge is 0.369 e. The van der Waals surface area contributed by atoms with Gasteiger partial charge in [0.25, 0.3) is 5.91 Å². The molecule has 2 aromatic heterocycles. The number of pyridine rings is 1. The van der Waals surface area contributed by atoms with Crippen LogP contribution in [0, 0.1) is 12.3 Å². The lowest BCUT2D eigenvalue weighted by Crippen LogP contribution is -2.42. The fourth-order valence-electron chi connectivity index (χ4n) is 2.22. The molecule has 8 nitrogen and oxygen atoms in total. The Balaban J connectivity index is 2.18. The molecule has 110 valence electrons. The normalized spacial score (nSPS) is 10.6. The summed E-state index contributed by atoms with van der Waals surface area (Å²) in [5.41, 5.74) is 7.37. The number of aromatic amines is 1. The number of H-pyrrole nitrogens is 1. The summed E-state index contributed by atoms with van der Waals surface area (Å²) in [5.74, 6) is -0.918. The standard InChI is InChI=1S/C14H13N7O/c1-8-12(19-20-18-8)13(22)21(14(15)16)11-6-2-5-10-9(11)4-3-7-17-10/h2-7H,1H3,(H3,15,16)(H,18,19,20). The van der Waals surface area contributed by atoms with E-state index in [1.54, 1.807) is 31.3 Å². The molecular weight excluding hydrogens is 282 g/mol. The van der Waals surface area contributed by atoms with Gasteiger partial charge in [-0.1, -0.05) is 6.07 Å². The Kier molecular flexibility index (Phi) is 3.26. The molecular formula is C14H13N7O. The van der Waals surface area contributed by atoms with E-state index in [0.717, 1.165) is 10.3 Å². The van der Waals surface area contributed by atoms with Crippen LogP contribution in [0.15, 0.2) is 36.5 Å². The molecule has 1 amide bonds. The first-order valence-corrected chi connectivity index (χ1v) is 6.49. The fraction of sp³-hybridized carbons (Fsp3) is 0.0714. The summed E-state index contributed by atoms with van der Waals surface area (Å²) >= 11 is 0. The highest BCUT2D eigenvalue weighted by Crippen LogP contribution is 2.26. The van der Waals surface area contributed by atoms with E-state index < -0.39 is 11.9 Å². The average Bonchev–Trinajstić information content (AvgIpc) is 2.93. The Bertz CT molecular complexity index is 865. The molecule has 2 heterocycles. The number of carbonyl (C=O) groups excluding carboxylic acids is 1. The predicted octanol–water partition coefficient (Wildman–Crippen LogP) is 1.20. The number of nitrogens with two attached hydrogens (primary N) is 1. The second-order valence-corrected chi connectivity index (χ2v) is 4.63. The zero-order valence-corrected chi connectivity index (χ0v) is 11.7. The van der Waals surface area contributed by atoms with Gasteiger partial charge in [0.1, 0.15) is 0 Å². The summed E-state index contributed by atoms with van der Waals surface area (Å²) in [6.45, 7) is 1.65. The molecule has 0 aliphatic rings. The van der Waals surface area contributed by atoms with Gasteiger partial charge in [-0.05, 0) is 31.2 Å². The Morgan fingerprint density at radius 1 is 1.27 bits per heavy atom. The highest BCUT2D eigenvalue weighted by atomic mass is 16.2. The maximum Gasteiger partial charge on any atom is 0.287 e. The Morgan fingerprint density at radius 3 is 2.77 bits per heavy atom. The maximum absolute atomic E-state index is 12.7. The third-order valence-electron chi connectivity index (χ3n) is 3.23. The molecule has 0 spiro atoms. The van der Waals surface area contributed by atoms with Crippen LogP contribution in [0.4, 0.5) is 5.69 Å². The molecule has 0 saturated heterocycles. The van der Waals surface area contributed by atoms with Crippen molar-refractivity contribution in [2.75, 3.05) is 4.90 Å². The highest BCUT2D eigenvalue weighted by Gasteiger charge is 2.26. The number of fused-ring (bicyclic) bond motifs is 1. The number of aromatic nitrogens is 4. The lowest BCUT2D eigenvalue weighted by atomic mass is 10.1. The van der Waals surface area contributed by atoms with Crippen LogP contribution in [0.1, 0.15) is 16.2 Å². The SMILES string of the molecule is Cc1n[nH]nc1C(=O)N(C(=N)N)c1cccc2ncccc12. The Hall–Kier alpha value is -3.29. The van der Waals surface area contributed by atoms with Crippen LogP contribution in [-0.4, -0.2) is 32.3 Å². The van der Waals surface area contributed by atoms with Gasteiger partial charge in [-0.25, -0.2) is 4.90 Å². The third kappa shape index (κ3) is 2.16. The summed E-state index contributed by atoms with van der Waals surface area (Å²) < 4.78 is 0. The first-order valence-electron chi connectivity index (χ1n) is 6.49. The molecule has 0 radical (unpaired) electrons. The molecule has 0 atom stereocenters. The van der Waals surface area contributed by atoms with Crippen LogP contribution in [-0.2, 0) is 0 Å². The molecule has 0 unspecified atom stereocenters. The van der Waals surface area contributed by atoms with Gasteiger partial charge in [0.2, 0.25) is 0 Å². The minimum Gasteiger partial charge on any atom is -0.369 e. The number of guanidine groups is 1. The molecule has 0 bridgehead atoms. The lowest BCUT2D eigenvalue weighted by molar-refractivity contribution is 0.0997. The van der Waals surface area contributed by atoms with Crippen LogP contribution < -0.4 is 10.6 Å². The Morgan fingerprint density at radius 2 is 2.09 bits per heavy atom. The van der Waals surface area contributed by atoms with Gasteiger partial charge in [-0.3, -0.25) is 15.2 Å². The smallest absolute Gasteiger partial charge is 0.287 e. The molecule has 1 aromatic carbocycles. The Labute approximate surface area is 125 Å². The van der Waals surface area contributed by atoms with Crippen molar-refractivity contribution >= 4 is 28.5 Å². The number of benzene rings is 1. The number of amides is 1. The van der Waals surface area contributed by atoms with E-state index in [1.165, 1.54) is 0 Å². The number of hydrogen-bond acceptors (Lipinski definition) is 5. The van der Waals surface area contributed by atoms with E-state index in [9.17, 15) is 4.79 Å². The monoisotopic (exact) mass is 295 g/mol. The molecule has 22 heavy (non-hydrogen) atoms. The second-order valence-electron chi connectivity index (χ2n) is 4.63. The van der Waals surface area contributed by atoms with E-state index in [1.807, 2.05) is 12.1 Å². The number of carbonyl (C=O) groups is 1. The average molecular weight is 295 g/mol. The van der Waals surface area contributed by atoms with Gasteiger partial charge in [0.05, 0.1) is 16.9 Å². The first kappa shape index (κ1) is 13.7. The van der Waals surface area contributed by atoms with Crippen molar-refractivity contribution in [3.63, 3.8) is 0 Å². The number of hydrogen-bond donors (Lipinski definition) is 3. The van der Waals surface area contributed by atoms with Crippen LogP contribution in [0.25, 0.3) is 10.9 Å². The van der Waals surface area contributed by atoms with Crippen LogP contribution >= 0.6 is 0 Å². The van der Waals surface area contributed by atoms with Crippen molar-refractivity contribution in [2.24, 2.45) is 5.73 Å². The summed E-state index contributed by atoms with van der Waals surface area (Å²) in [4.78, 5) is 18.0. The minimum atomic E-state index is -0.518. The minimum absolute atomic E-state index is 0.121. The van der Waals surface area contributed by atoms with Gasteiger partial charge >= 0.3 is 0 Å². The summed E-state index contributed by atoms with van der Waals surface area (Å²) in [6, 6.07) is 8.86. The lowest BCUT2D eigenvalue weighted by Gasteiger charge is -2.21.